The minimum atomic E-state index is -0.754. The van der Waals surface area contributed by atoms with Gasteiger partial charge in [-0.2, -0.15) is 0 Å². The van der Waals surface area contributed by atoms with Crippen LogP contribution in [0.25, 0.3) is 10.6 Å². The van der Waals surface area contributed by atoms with Gasteiger partial charge >= 0.3 is 5.97 Å². The molecule has 0 spiro atoms. The van der Waals surface area contributed by atoms with Gasteiger partial charge in [0.05, 0.1) is 0 Å². The highest BCUT2D eigenvalue weighted by molar-refractivity contribution is 7.15. The van der Waals surface area contributed by atoms with Crippen LogP contribution in [0.15, 0.2) is 30.5 Å². The maximum absolute atomic E-state index is 11.3. The second-order valence-electron chi connectivity index (χ2n) is 5.95. The molecule has 0 saturated heterocycles. The lowest BCUT2D eigenvalue weighted by atomic mass is 10.1. The number of hydrogen-bond donors (Lipinski definition) is 2. The van der Waals surface area contributed by atoms with Gasteiger partial charge in [-0.1, -0.05) is 42.7 Å². The third kappa shape index (κ3) is 3.93. The van der Waals surface area contributed by atoms with Crippen LogP contribution >= 0.6 is 11.3 Å². The van der Waals surface area contributed by atoms with Crippen molar-refractivity contribution in [2.24, 2.45) is 5.92 Å². The van der Waals surface area contributed by atoms with E-state index in [1.165, 1.54) is 18.4 Å². The molecule has 116 valence electrons. The predicted molar refractivity (Wildman–Crippen MR) is 87.9 cm³/mol. The quantitative estimate of drug-likeness (QED) is 0.821. The van der Waals surface area contributed by atoms with Crippen LogP contribution in [-0.2, 0) is 11.3 Å². The van der Waals surface area contributed by atoms with Crippen LogP contribution < -0.4 is 5.32 Å². The van der Waals surface area contributed by atoms with Gasteiger partial charge in [-0.05, 0) is 19.3 Å². The first-order valence-electron chi connectivity index (χ1n) is 7.60. The van der Waals surface area contributed by atoms with E-state index in [1.807, 2.05) is 6.20 Å². The smallest absolute Gasteiger partial charge is 0.320 e. The molecular weight excluding hydrogens is 296 g/mol. The number of benzene rings is 1. The van der Waals surface area contributed by atoms with E-state index in [9.17, 15) is 9.90 Å². The Morgan fingerprint density at radius 3 is 2.77 bits per heavy atom. The summed E-state index contributed by atoms with van der Waals surface area (Å²) in [5, 5.41) is 13.4. The Balaban J connectivity index is 1.61. The largest absolute Gasteiger partial charge is 0.480 e. The summed E-state index contributed by atoms with van der Waals surface area (Å²) in [5.41, 5.74) is 2.33. The molecule has 5 heteroatoms. The van der Waals surface area contributed by atoms with Crippen molar-refractivity contribution in [1.29, 1.82) is 0 Å². The van der Waals surface area contributed by atoms with Gasteiger partial charge in [-0.3, -0.25) is 10.1 Å². The Morgan fingerprint density at radius 1 is 1.41 bits per heavy atom. The van der Waals surface area contributed by atoms with Gasteiger partial charge in [-0.25, -0.2) is 4.98 Å². The van der Waals surface area contributed by atoms with Crippen molar-refractivity contribution < 1.29 is 9.90 Å². The summed E-state index contributed by atoms with van der Waals surface area (Å²) in [6.07, 6.45) is 4.91. The molecule has 1 saturated carbocycles. The van der Waals surface area contributed by atoms with Crippen molar-refractivity contribution in [2.75, 3.05) is 0 Å². The van der Waals surface area contributed by atoms with E-state index >= 15 is 0 Å². The number of nitrogens with one attached hydrogen (secondary N) is 1. The fourth-order valence-electron chi connectivity index (χ4n) is 2.40. The number of carboxylic acid groups (broad SMARTS) is 1. The van der Waals surface area contributed by atoms with Crippen molar-refractivity contribution in [3.8, 4) is 10.6 Å². The number of hydrogen-bond acceptors (Lipinski definition) is 4. The average Bonchev–Trinajstić information content (AvgIpc) is 3.20. The molecule has 0 amide bonds. The fourth-order valence-corrected chi connectivity index (χ4v) is 3.27. The summed E-state index contributed by atoms with van der Waals surface area (Å²) in [5.74, 6) is -0.159. The van der Waals surface area contributed by atoms with E-state index in [1.54, 1.807) is 11.3 Å². The maximum Gasteiger partial charge on any atom is 0.320 e. The van der Waals surface area contributed by atoms with Gasteiger partial charge in [0.15, 0.2) is 0 Å². The zero-order chi connectivity index (χ0) is 15.5. The van der Waals surface area contributed by atoms with Crippen LogP contribution in [0, 0.1) is 12.8 Å². The lowest BCUT2D eigenvalue weighted by Crippen LogP contribution is -2.36. The lowest BCUT2D eigenvalue weighted by molar-refractivity contribution is -0.139. The summed E-state index contributed by atoms with van der Waals surface area (Å²) in [6.45, 7) is 2.63. The highest BCUT2D eigenvalue weighted by Crippen LogP contribution is 2.33. The van der Waals surface area contributed by atoms with Gasteiger partial charge in [0.25, 0.3) is 0 Å². The molecule has 4 nitrogen and oxygen atoms in total. The van der Waals surface area contributed by atoms with Crippen molar-refractivity contribution in [3.63, 3.8) is 0 Å². The first-order valence-corrected chi connectivity index (χ1v) is 8.41. The number of nitrogens with zero attached hydrogens (tertiary/aromatic N) is 1. The van der Waals surface area contributed by atoms with E-state index in [-0.39, 0.29) is 0 Å². The molecule has 0 radical (unpaired) electrons. The molecule has 1 aliphatic rings. The Hall–Kier alpha value is -1.72. The van der Waals surface area contributed by atoms with Gasteiger partial charge in [0.1, 0.15) is 11.0 Å². The average molecular weight is 316 g/mol. The highest BCUT2D eigenvalue weighted by Gasteiger charge is 2.28. The van der Waals surface area contributed by atoms with Crippen LogP contribution in [-0.4, -0.2) is 22.1 Å². The monoisotopic (exact) mass is 316 g/mol. The standard InChI is InChI=1S/C17H20N2O2S/c1-11-2-6-13(7-3-11)16-19-10-14(22-16)9-18-15(17(20)21)8-12-4-5-12/h2-3,6-7,10,12,15,18H,4-5,8-9H2,1H3,(H,20,21)/t15-/m0/s1. The number of carboxylic acids is 1. The zero-order valence-corrected chi connectivity index (χ0v) is 13.4. The molecule has 2 N–H and O–H groups in total. The minimum absolute atomic E-state index is 0.447. The zero-order valence-electron chi connectivity index (χ0n) is 12.6. The summed E-state index contributed by atoms with van der Waals surface area (Å²) < 4.78 is 0. The molecule has 1 aliphatic carbocycles. The van der Waals surface area contributed by atoms with E-state index < -0.39 is 12.0 Å². The van der Waals surface area contributed by atoms with Crippen molar-refractivity contribution in [3.05, 3.63) is 40.9 Å². The molecule has 0 bridgehead atoms. The first kappa shape index (κ1) is 15.2. The molecule has 1 atom stereocenters. The Kier molecular flexibility index (Phi) is 4.55. The molecule has 3 rings (SSSR count). The molecule has 1 aromatic heterocycles. The SMILES string of the molecule is Cc1ccc(-c2ncc(CN[C@@H](CC3CC3)C(=O)O)s2)cc1. The molecular formula is C17H20N2O2S. The first-order chi connectivity index (χ1) is 10.6. The number of carbonyl (C=O) groups is 1. The normalized spacial score (nSPS) is 15.7. The van der Waals surface area contributed by atoms with Crippen LogP contribution in [0.3, 0.4) is 0 Å². The summed E-state index contributed by atoms with van der Waals surface area (Å²) in [6, 6.07) is 7.84. The summed E-state index contributed by atoms with van der Waals surface area (Å²) in [7, 11) is 0. The van der Waals surface area contributed by atoms with Crippen molar-refractivity contribution >= 4 is 17.3 Å². The molecule has 1 heterocycles. The van der Waals surface area contributed by atoms with Crippen molar-refractivity contribution in [2.45, 2.75) is 38.8 Å². The number of thiazole rings is 1. The fraction of sp³-hybridized carbons (Fsp3) is 0.412. The van der Waals surface area contributed by atoms with Gasteiger partial charge in [0, 0.05) is 23.2 Å². The van der Waals surface area contributed by atoms with Gasteiger partial charge in [-0.15, -0.1) is 11.3 Å². The Morgan fingerprint density at radius 2 is 2.14 bits per heavy atom. The summed E-state index contributed by atoms with van der Waals surface area (Å²) in [4.78, 5) is 16.8. The summed E-state index contributed by atoms with van der Waals surface area (Å²) >= 11 is 1.61. The van der Waals surface area contributed by atoms with Crippen LogP contribution in [0.4, 0.5) is 0 Å². The van der Waals surface area contributed by atoms with Crippen LogP contribution in [0.2, 0.25) is 0 Å². The number of aromatic nitrogens is 1. The topological polar surface area (TPSA) is 62.2 Å². The van der Waals surface area contributed by atoms with E-state index in [4.69, 9.17) is 0 Å². The van der Waals surface area contributed by atoms with E-state index in [2.05, 4.69) is 41.5 Å². The Labute approximate surface area is 134 Å². The third-order valence-corrected chi connectivity index (χ3v) is 4.99. The number of aryl methyl sites for hydroxylation is 1. The van der Waals surface area contributed by atoms with Gasteiger partial charge < -0.3 is 5.11 Å². The van der Waals surface area contributed by atoms with Gasteiger partial charge in [0.2, 0.25) is 0 Å². The molecule has 22 heavy (non-hydrogen) atoms. The minimum Gasteiger partial charge on any atom is -0.480 e. The second-order valence-corrected chi connectivity index (χ2v) is 7.06. The molecule has 1 fully saturated rings. The second kappa shape index (κ2) is 6.58. The highest BCUT2D eigenvalue weighted by atomic mass is 32.1. The third-order valence-electron chi connectivity index (χ3n) is 3.94. The lowest BCUT2D eigenvalue weighted by Gasteiger charge is -2.12. The maximum atomic E-state index is 11.3. The molecule has 0 aliphatic heterocycles. The van der Waals surface area contributed by atoms with E-state index in [0.29, 0.717) is 12.5 Å². The number of aliphatic carboxylic acids is 1. The van der Waals surface area contributed by atoms with Crippen LogP contribution in [0.1, 0.15) is 29.7 Å². The van der Waals surface area contributed by atoms with E-state index in [0.717, 1.165) is 21.9 Å². The van der Waals surface area contributed by atoms with Crippen LogP contribution in [0.5, 0.6) is 0 Å². The predicted octanol–water partition coefficient (Wildman–Crippen LogP) is 3.46. The molecule has 2 aromatic rings. The number of rotatable bonds is 7. The molecule has 1 aromatic carbocycles. The molecule has 0 unspecified atom stereocenters. The van der Waals surface area contributed by atoms with Crippen molar-refractivity contribution in [1.82, 2.24) is 10.3 Å². The Bertz CT molecular complexity index is 647.